The Hall–Kier alpha value is -1.13. The molecule has 2 heterocycles. The van der Waals surface area contributed by atoms with Crippen molar-refractivity contribution in [2.24, 2.45) is 11.7 Å². The average Bonchev–Trinajstić information content (AvgIpc) is 2.79. The van der Waals surface area contributed by atoms with Crippen LogP contribution in [0.2, 0.25) is 0 Å². The highest BCUT2D eigenvalue weighted by Gasteiger charge is 2.23. The van der Waals surface area contributed by atoms with Crippen molar-refractivity contribution in [2.45, 2.75) is 19.4 Å². The monoisotopic (exact) mass is 247 g/mol. The number of rotatable bonds is 1. The molecule has 3 nitrogen and oxygen atoms in total. The molecular formula is C13H17N3S. The number of aromatic nitrogens is 1. The first-order chi connectivity index (χ1) is 8.24. The second kappa shape index (κ2) is 4.27. The van der Waals surface area contributed by atoms with Crippen LogP contribution in [0, 0.1) is 5.92 Å². The van der Waals surface area contributed by atoms with Gasteiger partial charge in [-0.1, -0.05) is 6.92 Å². The lowest BCUT2D eigenvalue weighted by atomic mass is 9.94. The van der Waals surface area contributed by atoms with E-state index in [0.717, 1.165) is 25.0 Å². The third-order valence-electron chi connectivity index (χ3n) is 3.65. The Labute approximate surface area is 105 Å². The number of benzene rings is 1. The number of hydrogen-bond donors (Lipinski definition) is 1. The molecule has 1 aromatic heterocycles. The molecule has 1 aliphatic heterocycles. The van der Waals surface area contributed by atoms with Crippen LogP contribution >= 0.6 is 11.3 Å². The number of anilines is 1. The summed E-state index contributed by atoms with van der Waals surface area (Å²) in [5.41, 5.74) is 10.4. The van der Waals surface area contributed by atoms with Gasteiger partial charge in [0.05, 0.1) is 15.7 Å². The van der Waals surface area contributed by atoms with E-state index in [0.29, 0.717) is 12.0 Å². The van der Waals surface area contributed by atoms with Crippen molar-refractivity contribution in [1.82, 2.24) is 4.98 Å². The number of nitrogens with zero attached hydrogens (tertiary/aromatic N) is 2. The topological polar surface area (TPSA) is 42.2 Å². The van der Waals surface area contributed by atoms with Crippen molar-refractivity contribution in [2.75, 3.05) is 18.0 Å². The largest absolute Gasteiger partial charge is 0.371 e. The minimum Gasteiger partial charge on any atom is -0.371 e. The van der Waals surface area contributed by atoms with Crippen LogP contribution in [-0.2, 0) is 0 Å². The number of fused-ring (bicyclic) bond motifs is 1. The first-order valence-electron chi connectivity index (χ1n) is 6.08. The molecule has 4 heteroatoms. The third-order valence-corrected chi connectivity index (χ3v) is 4.44. The van der Waals surface area contributed by atoms with E-state index in [9.17, 15) is 0 Å². The number of thiazole rings is 1. The van der Waals surface area contributed by atoms with E-state index in [1.165, 1.54) is 10.4 Å². The van der Waals surface area contributed by atoms with Crippen LogP contribution in [0.1, 0.15) is 13.3 Å². The van der Waals surface area contributed by atoms with Crippen LogP contribution in [-0.4, -0.2) is 24.1 Å². The first kappa shape index (κ1) is 11.0. The predicted octanol–water partition coefficient (Wildman–Crippen LogP) is 2.47. The van der Waals surface area contributed by atoms with Gasteiger partial charge in [-0.15, -0.1) is 11.3 Å². The van der Waals surface area contributed by atoms with Crippen molar-refractivity contribution >= 4 is 27.2 Å². The van der Waals surface area contributed by atoms with Gasteiger partial charge in [0.2, 0.25) is 0 Å². The van der Waals surface area contributed by atoms with Gasteiger partial charge in [0.25, 0.3) is 0 Å². The third kappa shape index (κ3) is 2.03. The van der Waals surface area contributed by atoms with Crippen LogP contribution < -0.4 is 10.6 Å². The molecule has 2 aromatic rings. The quantitative estimate of drug-likeness (QED) is 0.841. The van der Waals surface area contributed by atoms with Crippen molar-refractivity contribution < 1.29 is 0 Å². The van der Waals surface area contributed by atoms with E-state index in [4.69, 9.17) is 5.73 Å². The molecule has 2 atom stereocenters. The summed E-state index contributed by atoms with van der Waals surface area (Å²) in [6.45, 7) is 4.36. The van der Waals surface area contributed by atoms with Crippen LogP contribution in [0.5, 0.6) is 0 Å². The molecule has 2 N–H and O–H groups in total. The fraction of sp³-hybridized carbons (Fsp3) is 0.462. The minimum absolute atomic E-state index is 0.360. The average molecular weight is 247 g/mol. The van der Waals surface area contributed by atoms with Gasteiger partial charge >= 0.3 is 0 Å². The van der Waals surface area contributed by atoms with E-state index in [1.54, 1.807) is 11.3 Å². The molecule has 0 spiro atoms. The van der Waals surface area contributed by atoms with E-state index >= 15 is 0 Å². The summed E-state index contributed by atoms with van der Waals surface area (Å²) in [5.74, 6) is 0.570. The molecule has 1 aliphatic rings. The Balaban J connectivity index is 1.88. The molecule has 0 amide bonds. The summed E-state index contributed by atoms with van der Waals surface area (Å²) in [6, 6.07) is 6.89. The van der Waals surface area contributed by atoms with Gasteiger partial charge in [0, 0.05) is 24.8 Å². The lowest BCUT2D eigenvalue weighted by Gasteiger charge is -2.36. The number of hydrogen-bond acceptors (Lipinski definition) is 4. The Kier molecular flexibility index (Phi) is 2.76. The second-order valence-electron chi connectivity index (χ2n) is 4.88. The molecule has 1 fully saturated rings. The zero-order chi connectivity index (χ0) is 11.8. The SMILES string of the molecule is CC1CN(c2ccc3ncsc3c2)CCC1N. The van der Waals surface area contributed by atoms with E-state index in [1.807, 2.05) is 5.51 Å². The van der Waals surface area contributed by atoms with Crippen LogP contribution in [0.15, 0.2) is 23.7 Å². The zero-order valence-corrected chi connectivity index (χ0v) is 10.8. The normalized spacial score (nSPS) is 25.4. The summed E-state index contributed by atoms with van der Waals surface area (Å²) >= 11 is 1.70. The lowest BCUT2D eigenvalue weighted by Crippen LogP contribution is -2.45. The summed E-state index contributed by atoms with van der Waals surface area (Å²) < 4.78 is 1.27. The molecule has 3 rings (SSSR count). The van der Waals surface area contributed by atoms with Gasteiger partial charge in [0.15, 0.2) is 0 Å². The maximum absolute atomic E-state index is 6.06. The van der Waals surface area contributed by atoms with Crippen molar-refractivity contribution in [3.8, 4) is 0 Å². The number of piperidine rings is 1. The maximum Gasteiger partial charge on any atom is 0.0813 e. The molecule has 1 saturated heterocycles. The van der Waals surface area contributed by atoms with Crippen molar-refractivity contribution in [3.63, 3.8) is 0 Å². The van der Waals surface area contributed by atoms with E-state index < -0.39 is 0 Å². The van der Waals surface area contributed by atoms with Crippen molar-refractivity contribution in [1.29, 1.82) is 0 Å². The first-order valence-corrected chi connectivity index (χ1v) is 6.96. The highest BCUT2D eigenvalue weighted by Crippen LogP contribution is 2.27. The predicted molar refractivity (Wildman–Crippen MR) is 73.6 cm³/mol. The minimum atomic E-state index is 0.360. The van der Waals surface area contributed by atoms with E-state index in [2.05, 4.69) is 35.0 Å². The van der Waals surface area contributed by atoms with Crippen LogP contribution in [0.25, 0.3) is 10.2 Å². The number of nitrogens with two attached hydrogens (primary N) is 1. The fourth-order valence-corrected chi connectivity index (χ4v) is 3.15. The maximum atomic E-state index is 6.06. The standard InChI is InChI=1S/C13H17N3S/c1-9-7-16(5-4-11(9)14)10-2-3-12-13(6-10)17-8-15-12/h2-3,6,8-9,11H,4-5,7,14H2,1H3. The van der Waals surface area contributed by atoms with Gasteiger partial charge in [-0.2, -0.15) is 0 Å². The van der Waals surface area contributed by atoms with Gasteiger partial charge in [0.1, 0.15) is 0 Å². The lowest BCUT2D eigenvalue weighted by molar-refractivity contribution is 0.383. The highest BCUT2D eigenvalue weighted by atomic mass is 32.1. The molecule has 1 aromatic carbocycles. The molecule has 0 bridgehead atoms. The van der Waals surface area contributed by atoms with Crippen LogP contribution in [0.3, 0.4) is 0 Å². The Morgan fingerprint density at radius 1 is 1.47 bits per heavy atom. The molecule has 0 saturated carbocycles. The second-order valence-corrected chi connectivity index (χ2v) is 5.77. The highest BCUT2D eigenvalue weighted by molar-refractivity contribution is 7.16. The molecule has 0 radical (unpaired) electrons. The zero-order valence-electron chi connectivity index (χ0n) is 9.97. The van der Waals surface area contributed by atoms with Gasteiger partial charge in [-0.3, -0.25) is 0 Å². The summed E-state index contributed by atoms with van der Waals surface area (Å²) in [6.07, 6.45) is 1.09. The van der Waals surface area contributed by atoms with Gasteiger partial charge in [-0.05, 0) is 30.5 Å². The Morgan fingerprint density at radius 2 is 2.35 bits per heavy atom. The molecule has 17 heavy (non-hydrogen) atoms. The summed E-state index contributed by atoms with van der Waals surface area (Å²) in [5, 5.41) is 0. The molecule has 0 aliphatic carbocycles. The fourth-order valence-electron chi connectivity index (χ4n) is 2.44. The summed E-state index contributed by atoms with van der Waals surface area (Å²) in [4.78, 5) is 6.75. The Morgan fingerprint density at radius 3 is 3.18 bits per heavy atom. The van der Waals surface area contributed by atoms with Gasteiger partial charge < -0.3 is 10.6 Å². The van der Waals surface area contributed by atoms with Crippen molar-refractivity contribution in [3.05, 3.63) is 23.7 Å². The summed E-state index contributed by atoms with van der Waals surface area (Å²) in [7, 11) is 0. The Bertz CT molecular complexity index is 522. The van der Waals surface area contributed by atoms with E-state index in [-0.39, 0.29) is 0 Å². The van der Waals surface area contributed by atoms with Gasteiger partial charge in [-0.25, -0.2) is 4.98 Å². The molecular weight excluding hydrogens is 230 g/mol. The molecule has 2 unspecified atom stereocenters. The van der Waals surface area contributed by atoms with Crippen LogP contribution in [0.4, 0.5) is 5.69 Å². The smallest absolute Gasteiger partial charge is 0.0813 e. The molecule has 90 valence electrons.